The van der Waals surface area contributed by atoms with E-state index >= 15 is 0 Å². The molecule has 0 nitrogen and oxygen atoms in total. The van der Waals surface area contributed by atoms with Crippen LogP contribution in [0.2, 0.25) is 0 Å². The van der Waals surface area contributed by atoms with Gasteiger partial charge < -0.3 is 0 Å². The summed E-state index contributed by atoms with van der Waals surface area (Å²) in [4.78, 5) is 0. The third-order valence-corrected chi connectivity index (χ3v) is 7.00. The predicted octanol–water partition coefficient (Wildman–Crippen LogP) is 7.55. The molecular formula is C22H20Br2. The summed E-state index contributed by atoms with van der Waals surface area (Å²) >= 11 is 7.44. The van der Waals surface area contributed by atoms with Crippen molar-refractivity contribution in [2.45, 2.75) is 32.6 Å². The van der Waals surface area contributed by atoms with Crippen molar-refractivity contribution < 1.29 is 0 Å². The average Bonchev–Trinajstić information content (AvgIpc) is 3.05. The van der Waals surface area contributed by atoms with Crippen LogP contribution >= 0.6 is 31.9 Å². The molecule has 2 atom stereocenters. The van der Waals surface area contributed by atoms with Crippen molar-refractivity contribution in [3.8, 4) is 0 Å². The Morgan fingerprint density at radius 2 is 1.17 bits per heavy atom. The third kappa shape index (κ3) is 2.38. The SMILES string of the molecule is CC1=Cc2c(Br)cccc2C1C(C)C1C(C)=Cc2c(Br)cccc21. The second-order valence-corrected chi connectivity index (χ2v) is 8.79. The molecule has 2 aliphatic carbocycles. The zero-order valence-electron chi connectivity index (χ0n) is 14.1. The van der Waals surface area contributed by atoms with Gasteiger partial charge in [-0.25, -0.2) is 0 Å². The van der Waals surface area contributed by atoms with Crippen molar-refractivity contribution in [2.75, 3.05) is 0 Å². The first kappa shape index (κ1) is 16.4. The van der Waals surface area contributed by atoms with E-state index < -0.39 is 0 Å². The highest BCUT2D eigenvalue weighted by atomic mass is 79.9. The summed E-state index contributed by atoms with van der Waals surface area (Å²) in [6.07, 6.45) is 4.72. The largest absolute Gasteiger partial charge is 0.0649 e. The van der Waals surface area contributed by atoms with Crippen molar-refractivity contribution in [1.29, 1.82) is 0 Å². The Kier molecular flexibility index (Phi) is 4.09. The molecule has 122 valence electrons. The highest BCUT2D eigenvalue weighted by molar-refractivity contribution is 9.10. The van der Waals surface area contributed by atoms with Crippen LogP contribution in [0.4, 0.5) is 0 Å². The summed E-state index contributed by atoms with van der Waals surface area (Å²) in [7, 11) is 0. The van der Waals surface area contributed by atoms with Crippen LogP contribution in [0.5, 0.6) is 0 Å². The Morgan fingerprint density at radius 3 is 1.58 bits per heavy atom. The van der Waals surface area contributed by atoms with Gasteiger partial charge in [0.25, 0.3) is 0 Å². The lowest BCUT2D eigenvalue weighted by Gasteiger charge is -2.30. The molecule has 0 saturated carbocycles. The minimum atomic E-state index is 0.482. The summed E-state index contributed by atoms with van der Waals surface area (Å²) < 4.78 is 2.41. The Hall–Kier alpha value is -1.12. The number of halogens is 2. The van der Waals surface area contributed by atoms with Crippen LogP contribution < -0.4 is 0 Å². The number of hydrogen-bond donors (Lipinski definition) is 0. The Balaban J connectivity index is 1.79. The fraction of sp³-hybridized carbons (Fsp3) is 0.273. The highest BCUT2D eigenvalue weighted by Gasteiger charge is 2.37. The molecule has 0 radical (unpaired) electrons. The maximum atomic E-state index is 3.72. The van der Waals surface area contributed by atoms with Crippen molar-refractivity contribution in [3.05, 3.63) is 78.7 Å². The van der Waals surface area contributed by atoms with E-state index in [4.69, 9.17) is 0 Å². The smallest absolute Gasteiger partial charge is 0.0250 e. The molecule has 2 aromatic carbocycles. The molecule has 0 saturated heterocycles. The lowest BCUT2D eigenvalue weighted by molar-refractivity contribution is 0.455. The lowest BCUT2D eigenvalue weighted by atomic mass is 9.73. The van der Waals surface area contributed by atoms with Gasteiger partial charge in [-0.1, -0.05) is 86.3 Å². The molecule has 24 heavy (non-hydrogen) atoms. The molecule has 0 N–H and O–H groups in total. The lowest BCUT2D eigenvalue weighted by Crippen LogP contribution is -2.18. The highest BCUT2D eigenvalue weighted by Crippen LogP contribution is 2.52. The van der Waals surface area contributed by atoms with E-state index in [-0.39, 0.29) is 0 Å². The van der Waals surface area contributed by atoms with Gasteiger partial charge >= 0.3 is 0 Å². The number of benzene rings is 2. The van der Waals surface area contributed by atoms with Crippen LogP contribution in [0.1, 0.15) is 54.9 Å². The first-order valence-electron chi connectivity index (χ1n) is 8.42. The number of hydrogen-bond acceptors (Lipinski definition) is 0. The van der Waals surface area contributed by atoms with E-state index in [0.29, 0.717) is 17.8 Å². The van der Waals surface area contributed by atoms with E-state index in [1.807, 2.05) is 0 Å². The summed E-state index contributed by atoms with van der Waals surface area (Å²) in [6.45, 7) is 6.98. The van der Waals surface area contributed by atoms with E-state index in [1.165, 1.54) is 42.3 Å². The van der Waals surface area contributed by atoms with Crippen LogP contribution in [0.3, 0.4) is 0 Å². The zero-order chi connectivity index (χ0) is 17.0. The van der Waals surface area contributed by atoms with Crippen molar-refractivity contribution in [2.24, 2.45) is 5.92 Å². The Bertz CT molecular complexity index is 815. The molecule has 2 aromatic rings. The molecular weight excluding hydrogens is 424 g/mol. The molecule has 2 heteroatoms. The minimum Gasteiger partial charge on any atom is -0.0649 e. The van der Waals surface area contributed by atoms with E-state index in [9.17, 15) is 0 Å². The summed E-state index contributed by atoms with van der Waals surface area (Å²) in [5.41, 5.74) is 8.60. The van der Waals surface area contributed by atoms with E-state index in [2.05, 4.69) is 101 Å². The Morgan fingerprint density at radius 1 is 0.750 bits per heavy atom. The van der Waals surface area contributed by atoms with Gasteiger partial charge in [-0.05, 0) is 54.2 Å². The van der Waals surface area contributed by atoms with E-state index in [0.717, 1.165) is 0 Å². The molecule has 4 rings (SSSR count). The quantitative estimate of drug-likeness (QED) is 0.449. The second kappa shape index (κ2) is 6.00. The molecule has 0 aliphatic heterocycles. The van der Waals surface area contributed by atoms with Gasteiger partial charge in [0.05, 0.1) is 0 Å². The number of rotatable bonds is 2. The van der Waals surface area contributed by atoms with Crippen molar-refractivity contribution >= 4 is 44.0 Å². The minimum absolute atomic E-state index is 0.482. The third-order valence-electron chi connectivity index (χ3n) is 5.62. The van der Waals surface area contributed by atoms with Crippen LogP contribution in [-0.4, -0.2) is 0 Å². The summed E-state index contributed by atoms with van der Waals surface area (Å²) in [5.74, 6) is 1.50. The van der Waals surface area contributed by atoms with Crippen LogP contribution in [0, 0.1) is 5.92 Å². The van der Waals surface area contributed by atoms with Crippen molar-refractivity contribution in [1.82, 2.24) is 0 Å². The molecule has 2 unspecified atom stereocenters. The van der Waals surface area contributed by atoms with Crippen LogP contribution in [0.15, 0.2) is 56.5 Å². The van der Waals surface area contributed by atoms with Gasteiger partial charge in [-0.15, -0.1) is 0 Å². The standard InChI is InChI=1S/C22H20Br2/c1-12-10-17-15(6-4-8-19(17)23)21(12)14(3)22-13(2)11-18-16(22)7-5-9-20(18)24/h4-11,14,21-22H,1-3H3. The molecule has 0 spiro atoms. The normalized spacial score (nSPS) is 22.7. The predicted molar refractivity (Wildman–Crippen MR) is 110 cm³/mol. The summed E-state index contributed by atoms with van der Waals surface area (Å²) in [5, 5.41) is 0. The molecule has 2 aliphatic rings. The fourth-order valence-corrected chi connectivity index (χ4v) is 5.66. The van der Waals surface area contributed by atoms with Gasteiger partial charge in [0.2, 0.25) is 0 Å². The van der Waals surface area contributed by atoms with Crippen LogP contribution in [0.25, 0.3) is 12.2 Å². The molecule has 0 heterocycles. The van der Waals surface area contributed by atoms with Gasteiger partial charge in [0.15, 0.2) is 0 Å². The van der Waals surface area contributed by atoms with E-state index in [1.54, 1.807) is 0 Å². The van der Waals surface area contributed by atoms with Gasteiger partial charge in [0.1, 0.15) is 0 Å². The zero-order valence-corrected chi connectivity index (χ0v) is 17.3. The number of fused-ring (bicyclic) bond motifs is 2. The number of allylic oxidation sites excluding steroid dienone is 2. The fourth-order valence-electron chi connectivity index (χ4n) is 4.67. The Labute approximate surface area is 160 Å². The van der Waals surface area contributed by atoms with Crippen molar-refractivity contribution in [3.63, 3.8) is 0 Å². The maximum absolute atomic E-state index is 3.72. The first-order chi connectivity index (χ1) is 11.5. The molecule has 0 amide bonds. The second-order valence-electron chi connectivity index (χ2n) is 7.08. The summed E-state index contributed by atoms with van der Waals surface area (Å²) in [6, 6.07) is 13.2. The topological polar surface area (TPSA) is 0 Å². The molecule has 0 aromatic heterocycles. The maximum Gasteiger partial charge on any atom is 0.0250 e. The van der Waals surface area contributed by atoms with Crippen LogP contribution in [-0.2, 0) is 0 Å². The first-order valence-corrected chi connectivity index (χ1v) is 10.0. The van der Waals surface area contributed by atoms with Gasteiger partial charge in [-0.3, -0.25) is 0 Å². The molecule has 0 fully saturated rings. The van der Waals surface area contributed by atoms with Gasteiger partial charge in [0, 0.05) is 20.8 Å². The average molecular weight is 444 g/mol. The monoisotopic (exact) mass is 442 g/mol. The van der Waals surface area contributed by atoms with Gasteiger partial charge in [-0.2, -0.15) is 0 Å². The molecule has 0 bridgehead atoms.